The maximum Gasteiger partial charge on any atom is 0.0407 e. The number of aryl methyl sites for hydroxylation is 2. The summed E-state index contributed by atoms with van der Waals surface area (Å²) in [5, 5.41) is 10.0. The second-order valence-corrected chi connectivity index (χ2v) is 5.56. The quantitative estimate of drug-likeness (QED) is 0.745. The third-order valence-electron chi connectivity index (χ3n) is 4.21. The molecule has 0 aliphatic rings. The highest BCUT2D eigenvalue weighted by Gasteiger charge is 2.12. The summed E-state index contributed by atoms with van der Waals surface area (Å²) < 4.78 is 0. The number of rotatable bonds is 6. The van der Waals surface area contributed by atoms with Crippen molar-refractivity contribution in [2.24, 2.45) is 0 Å². The lowest BCUT2D eigenvalue weighted by molar-refractivity contribution is 1.10. The molecule has 0 saturated carbocycles. The Kier molecular flexibility index (Phi) is 5.31. The number of para-hydroxylation sites is 1. The van der Waals surface area contributed by atoms with E-state index in [2.05, 4.69) is 60.1 Å². The first-order valence-electron chi connectivity index (χ1n) is 7.92. The Morgan fingerprint density at radius 1 is 0.818 bits per heavy atom. The Bertz CT molecular complexity index is 647. The van der Waals surface area contributed by atoms with Crippen LogP contribution in [0.15, 0.2) is 30.3 Å². The van der Waals surface area contributed by atoms with E-state index in [9.17, 15) is 0 Å². The van der Waals surface area contributed by atoms with Crippen molar-refractivity contribution in [2.75, 3.05) is 37.1 Å². The lowest BCUT2D eigenvalue weighted by Crippen LogP contribution is -2.05. The first-order valence-corrected chi connectivity index (χ1v) is 7.92. The molecule has 0 fully saturated rings. The lowest BCUT2D eigenvalue weighted by Gasteiger charge is -2.18. The van der Waals surface area contributed by atoms with Crippen molar-refractivity contribution in [2.45, 2.75) is 26.7 Å². The van der Waals surface area contributed by atoms with Gasteiger partial charge in [-0.3, -0.25) is 0 Å². The molecule has 0 spiro atoms. The predicted molar refractivity (Wildman–Crippen MR) is 98.4 cm³/mol. The van der Waals surface area contributed by atoms with Crippen LogP contribution in [0.3, 0.4) is 0 Å². The second-order valence-electron chi connectivity index (χ2n) is 5.56. The standard InChI is InChI=1S/C19H27N3/c1-6-14-11-17(20-3)12-16(19(14)22-5)10-15-9-7-8-13(2)18(15)21-4/h7-9,11-12,20-22H,6,10H2,1-5H3. The molecule has 0 atom stereocenters. The first kappa shape index (κ1) is 16.2. The van der Waals surface area contributed by atoms with Crippen molar-refractivity contribution in [1.82, 2.24) is 0 Å². The van der Waals surface area contributed by atoms with E-state index in [1.807, 2.05) is 21.1 Å². The van der Waals surface area contributed by atoms with Crippen molar-refractivity contribution in [3.63, 3.8) is 0 Å². The zero-order valence-corrected chi connectivity index (χ0v) is 14.3. The monoisotopic (exact) mass is 297 g/mol. The molecule has 3 heteroatoms. The molecule has 0 amide bonds. The van der Waals surface area contributed by atoms with Gasteiger partial charge >= 0.3 is 0 Å². The molecule has 22 heavy (non-hydrogen) atoms. The Labute approximate surface area is 134 Å². The molecule has 0 bridgehead atoms. The minimum absolute atomic E-state index is 0.913. The van der Waals surface area contributed by atoms with E-state index in [1.165, 1.54) is 39.3 Å². The van der Waals surface area contributed by atoms with Crippen LogP contribution in [0.4, 0.5) is 17.1 Å². The predicted octanol–water partition coefficient (Wildman–Crippen LogP) is 4.27. The molecular formula is C19H27N3. The number of nitrogens with one attached hydrogen (secondary N) is 3. The van der Waals surface area contributed by atoms with Crippen LogP contribution in [0.25, 0.3) is 0 Å². The molecule has 0 saturated heterocycles. The number of anilines is 3. The van der Waals surface area contributed by atoms with E-state index in [0.29, 0.717) is 0 Å². The molecule has 0 aliphatic carbocycles. The Balaban J connectivity index is 2.51. The minimum atomic E-state index is 0.913. The summed E-state index contributed by atoms with van der Waals surface area (Å²) in [6, 6.07) is 11.0. The van der Waals surface area contributed by atoms with Gasteiger partial charge in [-0.05, 0) is 47.7 Å². The van der Waals surface area contributed by atoms with Crippen molar-refractivity contribution in [3.8, 4) is 0 Å². The molecule has 0 unspecified atom stereocenters. The van der Waals surface area contributed by atoms with Crippen molar-refractivity contribution in [1.29, 1.82) is 0 Å². The van der Waals surface area contributed by atoms with Crippen molar-refractivity contribution >= 4 is 17.1 Å². The van der Waals surface area contributed by atoms with Crippen LogP contribution in [0, 0.1) is 6.92 Å². The van der Waals surface area contributed by atoms with Gasteiger partial charge < -0.3 is 16.0 Å². The third kappa shape index (κ3) is 3.19. The molecule has 0 aromatic heterocycles. The van der Waals surface area contributed by atoms with Gasteiger partial charge in [0.15, 0.2) is 0 Å². The minimum Gasteiger partial charge on any atom is -0.388 e. The highest BCUT2D eigenvalue weighted by molar-refractivity contribution is 5.67. The van der Waals surface area contributed by atoms with Crippen LogP contribution in [0.5, 0.6) is 0 Å². The zero-order chi connectivity index (χ0) is 16.1. The van der Waals surface area contributed by atoms with Crippen molar-refractivity contribution < 1.29 is 0 Å². The van der Waals surface area contributed by atoms with E-state index in [1.54, 1.807) is 0 Å². The van der Waals surface area contributed by atoms with E-state index >= 15 is 0 Å². The molecule has 0 aliphatic heterocycles. The fraction of sp³-hybridized carbons (Fsp3) is 0.368. The Morgan fingerprint density at radius 3 is 2.09 bits per heavy atom. The normalized spacial score (nSPS) is 10.4. The molecular weight excluding hydrogens is 270 g/mol. The second kappa shape index (κ2) is 7.21. The maximum absolute atomic E-state index is 3.39. The van der Waals surface area contributed by atoms with Gasteiger partial charge in [-0.15, -0.1) is 0 Å². The largest absolute Gasteiger partial charge is 0.388 e. The summed E-state index contributed by atoms with van der Waals surface area (Å²) in [6.07, 6.45) is 1.93. The smallest absolute Gasteiger partial charge is 0.0407 e. The average Bonchev–Trinajstić information content (AvgIpc) is 2.54. The molecule has 2 aromatic carbocycles. The SMILES string of the molecule is CCc1cc(NC)cc(Cc2cccc(C)c2NC)c1NC. The van der Waals surface area contributed by atoms with Gasteiger partial charge in [0.05, 0.1) is 0 Å². The van der Waals surface area contributed by atoms with Crippen LogP contribution >= 0.6 is 0 Å². The number of hydrogen-bond acceptors (Lipinski definition) is 3. The topological polar surface area (TPSA) is 36.1 Å². The number of benzene rings is 2. The summed E-state index contributed by atoms with van der Waals surface area (Å²) in [4.78, 5) is 0. The van der Waals surface area contributed by atoms with Gasteiger partial charge in [0, 0.05) is 44.6 Å². The average molecular weight is 297 g/mol. The van der Waals surface area contributed by atoms with E-state index < -0.39 is 0 Å². The van der Waals surface area contributed by atoms with Gasteiger partial charge in [0.2, 0.25) is 0 Å². The molecule has 3 N–H and O–H groups in total. The summed E-state index contributed by atoms with van der Waals surface area (Å²) in [7, 11) is 5.97. The van der Waals surface area contributed by atoms with E-state index in [-0.39, 0.29) is 0 Å². The van der Waals surface area contributed by atoms with Gasteiger partial charge in [-0.25, -0.2) is 0 Å². The van der Waals surface area contributed by atoms with Crippen LogP contribution in [-0.2, 0) is 12.8 Å². The zero-order valence-electron chi connectivity index (χ0n) is 14.3. The molecule has 118 valence electrons. The van der Waals surface area contributed by atoms with Gasteiger partial charge in [0.25, 0.3) is 0 Å². The summed E-state index contributed by atoms with van der Waals surface area (Å²) in [6.45, 7) is 4.35. The molecule has 2 rings (SSSR count). The molecule has 2 aromatic rings. The maximum atomic E-state index is 3.39. The first-order chi connectivity index (χ1) is 10.6. The third-order valence-corrected chi connectivity index (χ3v) is 4.21. The van der Waals surface area contributed by atoms with Crippen LogP contribution in [0.1, 0.15) is 29.2 Å². The fourth-order valence-electron chi connectivity index (χ4n) is 3.09. The van der Waals surface area contributed by atoms with Gasteiger partial charge in [0.1, 0.15) is 0 Å². The van der Waals surface area contributed by atoms with Gasteiger partial charge in [-0.1, -0.05) is 25.1 Å². The Morgan fingerprint density at radius 2 is 1.50 bits per heavy atom. The van der Waals surface area contributed by atoms with Gasteiger partial charge in [-0.2, -0.15) is 0 Å². The van der Waals surface area contributed by atoms with Crippen LogP contribution < -0.4 is 16.0 Å². The number of hydrogen-bond donors (Lipinski definition) is 3. The summed E-state index contributed by atoms with van der Waals surface area (Å²) in [5.41, 5.74) is 8.95. The fourth-order valence-corrected chi connectivity index (χ4v) is 3.09. The molecule has 3 nitrogen and oxygen atoms in total. The summed E-state index contributed by atoms with van der Waals surface area (Å²) in [5.74, 6) is 0. The van der Waals surface area contributed by atoms with Crippen molar-refractivity contribution in [3.05, 3.63) is 52.6 Å². The highest BCUT2D eigenvalue weighted by atomic mass is 14.9. The molecule has 0 heterocycles. The van der Waals surface area contributed by atoms with E-state index in [4.69, 9.17) is 0 Å². The highest BCUT2D eigenvalue weighted by Crippen LogP contribution is 2.31. The van der Waals surface area contributed by atoms with Crippen LogP contribution in [-0.4, -0.2) is 21.1 Å². The Hall–Kier alpha value is -2.16. The molecule has 0 radical (unpaired) electrons. The van der Waals surface area contributed by atoms with Crippen LogP contribution in [0.2, 0.25) is 0 Å². The lowest BCUT2D eigenvalue weighted by atomic mass is 9.95. The summed E-state index contributed by atoms with van der Waals surface area (Å²) >= 11 is 0. The van der Waals surface area contributed by atoms with E-state index in [0.717, 1.165) is 12.8 Å².